The first kappa shape index (κ1) is 19.5. The topological polar surface area (TPSA) is 49.9 Å². The second kappa shape index (κ2) is 7.67. The molecule has 0 aliphatic carbocycles. The number of benzene rings is 3. The minimum absolute atomic E-state index is 0.219. The average Bonchev–Trinajstić information content (AvgIpc) is 3.31. The van der Waals surface area contributed by atoms with E-state index in [4.69, 9.17) is 4.84 Å². The minimum atomic E-state index is -0.843. The van der Waals surface area contributed by atoms with Gasteiger partial charge in [0.05, 0.1) is 17.4 Å². The summed E-state index contributed by atoms with van der Waals surface area (Å²) in [5.41, 5.74) is 4.66. The predicted octanol–water partition coefficient (Wildman–Crippen LogP) is 4.61. The number of hydroxylamine groups is 1. The van der Waals surface area contributed by atoms with Crippen LogP contribution in [0.2, 0.25) is 0 Å². The van der Waals surface area contributed by atoms with Gasteiger partial charge in [0, 0.05) is 0 Å². The lowest BCUT2D eigenvalue weighted by Crippen LogP contribution is -2.37. The largest absolute Gasteiger partial charge is 0.273 e. The Morgan fingerprint density at radius 3 is 2.13 bits per heavy atom. The zero-order chi connectivity index (χ0) is 21.5. The van der Waals surface area contributed by atoms with Crippen LogP contribution >= 0.6 is 0 Å². The number of rotatable bonds is 4. The van der Waals surface area contributed by atoms with E-state index in [9.17, 15) is 9.59 Å². The van der Waals surface area contributed by atoms with Gasteiger partial charge in [-0.15, -0.1) is 0 Å². The van der Waals surface area contributed by atoms with Crippen molar-refractivity contribution in [2.24, 2.45) is 5.92 Å². The molecule has 31 heavy (non-hydrogen) atoms. The van der Waals surface area contributed by atoms with Gasteiger partial charge in [-0.25, -0.2) is 9.96 Å². The molecule has 0 saturated carbocycles. The first-order chi connectivity index (χ1) is 15.1. The number of carbonyl (C=O) groups excluding carboxylic acids is 2. The van der Waals surface area contributed by atoms with Crippen LogP contribution in [-0.2, 0) is 20.8 Å². The van der Waals surface area contributed by atoms with Crippen molar-refractivity contribution in [3.8, 4) is 0 Å². The third kappa shape index (κ3) is 3.22. The van der Waals surface area contributed by atoms with Crippen LogP contribution < -0.4 is 9.96 Å². The summed E-state index contributed by atoms with van der Waals surface area (Å²) in [7, 11) is 0. The summed E-state index contributed by atoms with van der Waals surface area (Å²) >= 11 is 0. The maximum atomic E-state index is 13.6. The Bertz CT molecular complexity index is 1110. The Hall–Kier alpha value is -3.44. The van der Waals surface area contributed by atoms with Gasteiger partial charge in [-0.1, -0.05) is 67.1 Å². The third-order valence-electron chi connectivity index (χ3n) is 6.15. The van der Waals surface area contributed by atoms with Crippen LogP contribution in [-0.4, -0.2) is 17.9 Å². The lowest BCUT2D eigenvalue weighted by Gasteiger charge is -2.28. The first-order valence-corrected chi connectivity index (χ1v) is 10.6. The number of carbonyl (C=O) groups is 2. The highest BCUT2D eigenvalue weighted by atomic mass is 16.7. The fourth-order valence-corrected chi connectivity index (χ4v) is 4.45. The van der Waals surface area contributed by atoms with E-state index in [1.165, 1.54) is 4.90 Å². The molecule has 5 nitrogen and oxygen atoms in total. The second-order valence-electron chi connectivity index (χ2n) is 8.10. The van der Waals surface area contributed by atoms with Crippen molar-refractivity contribution in [2.75, 3.05) is 9.96 Å². The van der Waals surface area contributed by atoms with Crippen LogP contribution in [0.1, 0.15) is 29.7 Å². The van der Waals surface area contributed by atoms with E-state index in [2.05, 4.69) is 6.92 Å². The molecule has 2 fully saturated rings. The molecule has 5 rings (SSSR count). The molecule has 0 radical (unpaired) electrons. The summed E-state index contributed by atoms with van der Waals surface area (Å²) in [6, 6.07) is 24.9. The summed E-state index contributed by atoms with van der Waals surface area (Å²) in [4.78, 5) is 34.4. The van der Waals surface area contributed by atoms with Crippen molar-refractivity contribution in [3.63, 3.8) is 0 Å². The van der Waals surface area contributed by atoms with E-state index in [1.807, 2.05) is 85.8 Å². The molecule has 0 bridgehead atoms. The number of anilines is 2. The highest BCUT2D eigenvalue weighted by molar-refractivity contribution is 6.23. The smallest absolute Gasteiger partial charge is 0.266 e. The Labute approximate surface area is 181 Å². The van der Waals surface area contributed by atoms with Gasteiger partial charge in [0.15, 0.2) is 6.10 Å². The Kier molecular flexibility index (Phi) is 4.83. The van der Waals surface area contributed by atoms with Crippen LogP contribution in [0.3, 0.4) is 0 Å². The second-order valence-corrected chi connectivity index (χ2v) is 8.10. The average molecular weight is 412 g/mol. The van der Waals surface area contributed by atoms with Gasteiger partial charge < -0.3 is 0 Å². The van der Waals surface area contributed by atoms with Crippen LogP contribution in [0.25, 0.3) is 0 Å². The zero-order valence-corrected chi connectivity index (χ0v) is 17.6. The summed E-state index contributed by atoms with van der Waals surface area (Å²) in [5.74, 6) is -1.14. The van der Waals surface area contributed by atoms with Crippen molar-refractivity contribution in [2.45, 2.75) is 32.4 Å². The Balaban J connectivity index is 1.56. The molecule has 0 unspecified atom stereocenters. The van der Waals surface area contributed by atoms with Gasteiger partial charge in [-0.2, -0.15) is 0 Å². The van der Waals surface area contributed by atoms with Gasteiger partial charge in [-0.05, 0) is 48.7 Å². The molecule has 2 aliphatic heterocycles. The molecule has 2 aliphatic rings. The Morgan fingerprint density at radius 1 is 0.806 bits per heavy atom. The molecule has 3 aromatic carbocycles. The van der Waals surface area contributed by atoms with E-state index >= 15 is 0 Å². The van der Waals surface area contributed by atoms with E-state index in [-0.39, 0.29) is 17.9 Å². The van der Waals surface area contributed by atoms with E-state index in [0.717, 1.165) is 28.8 Å². The molecule has 3 atom stereocenters. The molecule has 2 amide bonds. The van der Waals surface area contributed by atoms with Crippen molar-refractivity contribution < 1.29 is 14.4 Å². The molecule has 156 valence electrons. The number of para-hydroxylation sites is 1. The first-order valence-electron chi connectivity index (χ1n) is 10.6. The highest BCUT2D eigenvalue weighted by Gasteiger charge is 2.60. The number of imide groups is 1. The maximum Gasteiger partial charge on any atom is 0.266 e. The van der Waals surface area contributed by atoms with Crippen LogP contribution in [0.15, 0.2) is 78.9 Å². The quantitative estimate of drug-likeness (QED) is 0.588. The van der Waals surface area contributed by atoms with Crippen LogP contribution in [0.5, 0.6) is 0 Å². The van der Waals surface area contributed by atoms with E-state index in [1.54, 1.807) is 5.06 Å². The number of hydrogen-bond donors (Lipinski definition) is 0. The minimum Gasteiger partial charge on any atom is -0.273 e. The number of amides is 2. The van der Waals surface area contributed by atoms with E-state index in [0.29, 0.717) is 5.69 Å². The van der Waals surface area contributed by atoms with E-state index < -0.39 is 12.0 Å². The molecule has 2 heterocycles. The molecule has 5 heteroatoms. The molecule has 0 spiro atoms. The van der Waals surface area contributed by atoms with Gasteiger partial charge in [0.1, 0.15) is 5.92 Å². The van der Waals surface area contributed by atoms with Crippen molar-refractivity contribution in [1.82, 2.24) is 0 Å². The molecule has 0 aromatic heterocycles. The summed E-state index contributed by atoms with van der Waals surface area (Å²) in [6.45, 7) is 4.10. The van der Waals surface area contributed by atoms with Gasteiger partial charge in [0.2, 0.25) is 5.91 Å². The van der Waals surface area contributed by atoms with Crippen molar-refractivity contribution in [3.05, 3.63) is 95.6 Å². The lowest BCUT2D eigenvalue weighted by atomic mass is 9.90. The third-order valence-corrected chi connectivity index (χ3v) is 6.15. The summed E-state index contributed by atoms with van der Waals surface area (Å²) in [6.07, 6.45) is 0.0581. The maximum absolute atomic E-state index is 13.6. The fourth-order valence-electron chi connectivity index (χ4n) is 4.45. The molecule has 3 aromatic rings. The number of hydrogen-bond acceptors (Lipinski definition) is 4. The fraction of sp³-hybridized carbons (Fsp3) is 0.231. The van der Waals surface area contributed by atoms with Crippen molar-refractivity contribution in [1.29, 1.82) is 0 Å². The zero-order valence-electron chi connectivity index (χ0n) is 17.6. The molecule has 2 saturated heterocycles. The summed E-state index contributed by atoms with van der Waals surface area (Å²) in [5, 5.41) is 1.73. The van der Waals surface area contributed by atoms with Crippen molar-refractivity contribution >= 4 is 23.2 Å². The van der Waals surface area contributed by atoms with Crippen LogP contribution in [0, 0.1) is 12.8 Å². The number of nitrogens with zero attached hydrogens (tertiary/aromatic N) is 2. The van der Waals surface area contributed by atoms with Gasteiger partial charge in [0.25, 0.3) is 5.91 Å². The van der Waals surface area contributed by atoms with Gasteiger partial charge in [-0.3, -0.25) is 14.4 Å². The lowest BCUT2D eigenvalue weighted by molar-refractivity contribution is -0.126. The summed E-state index contributed by atoms with van der Waals surface area (Å²) < 4.78 is 0. The monoisotopic (exact) mass is 412 g/mol. The standard InChI is InChI=1S/C26H24N2O3/c1-3-18-11-15-20(16-12-18)27-25(29)22-23(19-13-9-17(2)10-14-19)28(31-24(22)26(27)30)21-7-5-4-6-8-21/h4-16,22-24H,3H2,1-2H3/t22-,23+,24+/m1/s1. The normalized spacial score (nSPS) is 22.8. The van der Waals surface area contributed by atoms with Crippen LogP contribution in [0.4, 0.5) is 11.4 Å². The molecule has 0 N–H and O–H groups in total. The molecular formula is C26H24N2O3. The number of aryl methyl sites for hydroxylation is 2. The molecular weight excluding hydrogens is 388 g/mol. The Morgan fingerprint density at radius 2 is 1.48 bits per heavy atom. The SMILES string of the molecule is CCc1ccc(N2C(=O)[C@H]3[C@H](ON(c4ccccc4)[C@H]3c3ccc(C)cc3)C2=O)cc1. The predicted molar refractivity (Wildman–Crippen MR) is 120 cm³/mol. The highest BCUT2D eigenvalue weighted by Crippen LogP contribution is 2.47. The number of fused-ring (bicyclic) bond motifs is 1. The van der Waals surface area contributed by atoms with Gasteiger partial charge >= 0.3 is 0 Å².